The molecule has 1 aromatic carbocycles. The number of nitrogens with zero attached hydrogens (tertiary/aromatic N) is 3. The predicted molar refractivity (Wildman–Crippen MR) is 141 cm³/mol. The van der Waals surface area contributed by atoms with Crippen LogP contribution in [0.4, 0.5) is 0 Å². The monoisotopic (exact) mass is 497 g/mol. The van der Waals surface area contributed by atoms with E-state index < -0.39 is 0 Å². The van der Waals surface area contributed by atoms with Gasteiger partial charge < -0.3 is 19.0 Å². The molecule has 7 heteroatoms. The zero-order chi connectivity index (χ0) is 25.8. The summed E-state index contributed by atoms with van der Waals surface area (Å²) in [6.45, 7) is 11.5. The maximum atomic E-state index is 13.7. The van der Waals surface area contributed by atoms with E-state index in [2.05, 4.69) is 18.7 Å². The van der Waals surface area contributed by atoms with Gasteiger partial charge in [-0.1, -0.05) is 57.0 Å². The fourth-order valence-electron chi connectivity index (χ4n) is 4.62. The van der Waals surface area contributed by atoms with Gasteiger partial charge in [-0.2, -0.15) is 0 Å². The number of rotatable bonds is 14. The van der Waals surface area contributed by atoms with E-state index in [1.54, 1.807) is 9.80 Å². The lowest BCUT2D eigenvalue weighted by atomic mass is 9.97. The third-order valence-corrected chi connectivity index (χ3v) is 6.89. The highest BCUT2D eigenvalue weighted by Crippen LogP contribution is 2.18. The molecule has 0 N–H and O–H groups in total. The van der Waals surface area contributed by atoms with Crippen LogP contribution in [-0.2, 0) is 27.4 Å². The van der Waals surface area contributed by atoms with E-state index >= 15 is 0 Å². The molecule has 1 atom stereocenters. The first kappa shape index (κ1) is 27.9. The van der Waals surface area contributed by atoms with Crippen LogP contribution >= 0.6 is 0 Å². The first-order valence-corrected chi connectivity index (χ1v) is 13.5. The van der Waals surface area contributed by atoms with Crippen molar-refractivity contribution in [2.24, 2.45) is 5.92 Å². The molecular formula is C29H43N3O4. The summed E-state index contributed by atoms with van der Waals surface area (Å²) in [7, 11) is 0. The minimum absolute atomic E-state index is 0.0438. The average Bonchev–Trinajstić information content (AvgIpc) is 3.32. The lowest BCUT2D eigenvalue weighted by molar-refractivity contribution is -0.144. The summed E-state index contributed by atoms with van der Waals surface area (Å²) in [6.07, 6.45) is 3.74. The molecule has 0 spiro atoms. The van der Waals surface area contributed by atoms with Crippen molar-refractivity contribution >= 4 is 11.8 Å². The Kier molecular flexibility index (Phi) is 11.5. The Morgan fingerprint density at radius 3 is 2.39 bits per heavy atom. The van der Waals surface area contributed by atoms with E-state index in [1.165, 1.54) is 0 Å². The molecule has 198 valence electrons. The summed E-state index contributed by atoms with van der Waals surface area (Å²) in [4.78, 5) is 33.2. The third kappa shape index (κ3) is 8.79. The summed E-state index contributed by atoms with van der Waals surface area (Å²) in [6, 6.07) is 13.8. The van der Waals surface area contributed by atoms with Gasteiger partial charge in [0.25, 0.3) is 0 Å². The fraction of sp³-hybridized carbons (Fsp3) is 0.586. The summed E-state index contributed by atoms with van der Waals surface area (Å²) in [5, 5.41) is 0. The smallest absolute Gasteiger partial charge is 0.242 e. The normalized spacial score (nSPS) is 15.0. The SMILES string of the molecule is CCCCC(CC)C(=O)N(CCN1CCOCC1)CC(=O)N(Cc1ccccc1)Cc1ccc(C)o1. The number of hydrogen-bond donors (Lipinski definition) is 0. The van der Waals surface area contributed by atoms with Gasteiger partial charge in [0.05, 0.1) is 26.3 Å². The second kappa shape index (κ2) is 14.8. The zero-order valence-corrected chi connectivity index (χ0v) is 22.3. The van der Waals surface area contributed by atoms with Crippen LogP contribution in [0.2, 0.25) is 0 Å². The highest BCUT2D eigenvalue weighted by molar-refractivity contribution is 5.86. The number of furan rings is 1. The average molecular weight is 498 g/mol. The highest BCUT2D eigenvalue weighted by atomic mass is 16.5. The number of carbonyl (C=O) groups is 2. The van der Waals surface area contributed by atoms with Gasteiger partial charge in [-0.25, -0.2) is 0 Å². The number of ether oxygens (including phenoxy) is 1. The van der Waals surface area contributed by atoms with Crippen molar-refractivity contribution in [3.63, 3.8) is 0 Å². The molecule has 0 aliphatic carbocycles. The predicted octanol–water partition coefficient (Wildman–Crippen LogP) is 4.49. The lowest BCUT2D eigenvalue weighted by Gasteiger charge is -2.33. The van der Waals surface area contributed by atoms with E-state index in [4.69, 9.17) is 9.15 Å². The van der Waals surface area contributed by atoms with Crippen LogP contribution < -0.4 is 0 Å². The van der Waals surface area contributed by atoms with Crippen LogP contribution in [-0.4, -0.2) is 72.5 Å². The van der Waals surface area contributed by atoms with Crippen LogP contribution in [0.15, 0.2) is 46.9 Å². The van der Waals surface area contributed by atoms with Gasteiger partial charge in [0.2, 0.25) is 11.8 Å². The van der Waals surface area contributed by atoms with Crippen LogP contribution in [0.5, 0.6) is 0 Å². The Labute approximate surface area is 216 Å². The van der Waals surface area contributed by atoms with Gasteiger partial charge in [-0.3, -0.25) is 14.5 Å². The van der Waals surface area contributed by atoms with E-state index in [0.717, 1.165) is 62.4 Å². The number of unbranched alkanes of at least 4 members (excludes halogenated alkanes) is 1. The van der Waals surface area contributed by atoms with Crippen LogP contribution in [0.3, 0.4) is 0 Å². The van der Waals surface area contributed by atoms with Crippen LogP contribution in [0, 0.1) is 12.8 Å². The lowest BCUT2D eigenvalue weighted by Crippen LogP contribution is -2.48. The van der Waals surface area contributed by atoms with E-state index in [-0.39, 0.29) is 24.3 Å². The van der Waals surface area contributed by atoms with Gasteiger partial charge in [0, 0.05) is 38.6 Å². The van der Waals surface area contributed by atoms with E-state index in [1.807, 2.05) is 49.4 Å². The van der Waals surface area contributed by atoms with Crippen molar-refractivity contribution in [1.82, 2.24) is 14.7 Å². The summed E-state index contributed by atoms with van der Waals surface area (Å²) < 4.78 is 11.3. The standard InChI is InChI=1S/C29H43N3O4/c1-4-6-12-26(5-2)29(34)31(16-15-30-17-19-35-20-18-30)23-28(33)32(21-25-10-8-7-9-11-25)22-27-14-13-24(3)36-27/h7-11,13-14,26H,4-6,12,15-23H2,1-3H3. The van der Waals surface area contributed by atoms with Gasteiger partial charge in [0.15, 0.2) is 0 Å². The van der Waals surface area contributed by atoms with Crippen LogP contribution in [0.25, 0.3) is 0 Å². The Morgan fingerprint density at radius 2 is 1.75 bits per heavy atom. The number of carbonyl (C=O) groups excluding carboxylic acids is 2. The minimum atomic E-state index is -0.0615. The number of amides is 2. The maximum Gasteiger partial charge on any atom is 0.242 e. The number of morpholine rings is 1. The summed E-state index contributed by atoms with van der Waals surface area (Å²) in [5.41, 5.74) is 1.05. The van der Waals surface area contributed by atoms with Gasteiger partial charge in [-0.15, -0.1) is 0 Å². The van der Waals surface area contributed by atoms with E-state index in [0.29, 0.717) is 32.8 Å². The van der Waals surface area contributed by atoms with Gasteiger partial charge >= 0.3 is 0 Å². The molecule has 3 rings (SSSR count). The number of hydrogen-bond acceptors (Lipinski definition) is 5. The topological polar surface area (TPSA) is 66.2 Å². The summed E-state index contributed by atoms with van der Waals surface area (Å²) in [5.74, 6) is 1.56. The molecular weight excluding hydrogens is 454 g/mol. The van der Waals surface area contributed by atoms with Crippen molar-refractivity contribution in [1.29, 1.82) is 0 Å². The minimum Gasteiger partial charge on any atom is -0.464 e. The highest BCUT2D eigenvalue weighted by Gasteiger charge is 2.27. The Balaban J connectivity index is 1.75. The molecule has 1 unspecified atom stereocenters. The quantitative estimate of drug-likeness (QED) is 0.385. The number of aryl methyl sites for hydroxylation is 1. The molecule has 7 nitrogen and oxygen atoms in total. The second-order valence-electron chi connectivity index (χ2n) is 9.71. The molecule has 1 saturated heterocycles. The van der Waals surface area contributed by atoms with Crippen molar-refractivity contribution in [3.05, 3.63) is 59.5 Å². The molecule has 1 aliphatic heterocycles. The molecule has 0 saturated carbocycles. The van der Waals surface area contributed by atoms with E-state index in [9.17, 15) is 9.59 Å². The first-order valence-electron chi connectivity index (χ1n) is 13.5. The molecule has 2 amide bonds. The van der Waals surface area contributed by atoms with Gasteiger partial charge in [-0.05, 0) is 37.5 Å². The second-order valence-corrected chi connectivity index (χ2v) is 9.71. The Hall–Kier alpha value is -2.64. The van der Waals surface area contributed by atoms with Crippen LogP contribution in [0.1, 0.15) is 56.6 Å². The van der Waals surface area contributed by atoms with Crippen molar-refractivity contribution in [3.8, 4) is 0 Å². The maximum absolute atomic E-state index is 13.7. The molecule has 1 fully saturated rings. The third-order valence-electron chi connectivity index (χ3n) is 6.89. The van der Waals surface area contributed by atoms with Crippen molar-refractivity contribution < 1.29 is 18.7 Å². The van der Waals surface area contributed by atoms with Gasteiger partial charge in [0.1, 0.15) is 11.5 Å². The molecule has 2 heterocycles. The molecule has 0 bridgehead atoms. The molecule has 36 heavy (non-hydrogen) atoms. The largest absolute Gasteiger partial charge is 0.464 e. The van der Waals surface area contributed by atoms with Crippen molar-refractivity contribution in [2.45, 2.75) is 59.5 Å². The zero-order valence-electron chi connectivity index (χ0n) is 22.3. The van der Waals surface area contributed by atoms with Crippen molar-refractivity contribution in [2.75, 3.05) is 45.9 Å². The first-order chi connectivity index (χ1) is 17.5. The Bertz CT molecular complexity index is 924. The number of benzene rings is 1. The Morgan fingerprint density at radius 1 is 1.00 bits per heavy atom. The summed E-state index contributed by atoms with van der Waals surface area (Å²) >= 11 is 0. The molecule has 1 aliphatic rings. The molecule has 0 radical (unpaired) electrons. The molecule has 1 aromatic heterocycles. The fourth-order valence-corrected chi connectivity index (χ4v) is 4.62. The molecule has 2 aromatic rings.